The highest BCUT2D eigenvalue weighted by atomic mass is 16.1. The van der Waals surface area contributed by atoms with Gasteiger partial charge in [0.2, 0.25) is 0 Å². The van der Waals surface area contributed by atoms with Gasteiger partial charge in [-0.3, -0.25) is 0 Å². The van der Waals surface area contributed by atoms with Gasteiger partial charge in [-0.25, -0.2) is 19.3 Å². The zero-order valence-electron chi connectivity index (χ0n) is 11.2. The molecule has 0 saturated carbocycles. The van der Waals surface area contributed by atoms with Gasteiger partial charge in [-0.05, 0) is 32.2 Å². The third-order valence-electron chi connectivity index (χ3n) is 4.45. The number of fused-ring (bicyclic) bond motifs is 1. The molecule has 0 aromatic carbocycles. The van der Waals surface area contributed by atoms with Gasteiger partial charge in [-0.2, -0.15) is 5.10 Å². The van der Waals surface area contributed by atoms with Crippen molar-refractivity contribution in [3.05, 3.63) is 22.9 Å². The summed E-state index contributed by atoms with van der Waals surface area (Å²) in [4.78, 5) is 18.3. The molecule has 7 nitrogen and oxygen atoms in total. The number of nitrogens with one attached hydrogen (secondary N) is 2. The largest absolute Gasteiger partial charge is 0.352 e. The van der Waals surface area contributed by atoms with E-state index in [9.17, 15) is 4.79 Å². The molecule has 0 aliphatic carbocycles. The minimum absolute atomic E-state index is 0.241. The number of hydrogen-bond acceptors (Lipinski definition) is 5. The number of aromatic amines is 1. The average molecular weight is 274 g/mol. The van der Waals surface area contributed by atoms with Crippen LogP contribution in [0.1, 0.15) is 25.7 Å². The van der Waals surface area contributed by atoms with E-state index in [1.807, 2.05) is 6.07 Å². The van der Waals surface area contributed by atoms with Gasteiger partial charge < -0.3 is 10.2 Å². The molecule has 0 bridgehead atoms. The quantitative estimate of drug-likeness (QED) is 0.814. The summed E-state index contributed by atoms with van der Waals surface area (Å²) in [7, 11) is 0. The number of H-pyrrole nitrogens is 1. The standard InChI is InChI=1S/C13H18N6O/c20-13-17-16-12-7-11(15-8-19(12)13)18-6-2-4-10(18)9-3-1-5-14-9/h7-10,14H,1-6H2,(H,17,20). The topological polar surface area (TPSA) is 78.3 Å². The van der Waals surface area contributed by atoms with Gasteiger partial charge in [0.1, 0.15) is 12.1 Å². The Bertz CT molecular complexity index is 671. The van der Waals surface area contributed by atoms with Crippen LogP contribution < -0.4 is 15.9 Å². The van der Waals surface area contributed by atoms with Crippen LogP contribution in [0.3, 0.4) is 0 Å². The molecule has 7 heteroatoms. The molecule has 2 N–H and O–H groups in total. The first kappa shape index (κ1) is 11.9. The SMILES string of the molecule is O=c1[nH]nc2cc(N3CCCC3C3CCCN3)ncn12. The summed E-state index contributed by atoms with van der Waals surface area (Å²) in [6, 6.07) is 2.97. The first-order chi connectivity index (χ1) is 9.83. The van der Waals surface area contributed by atoms with E-state index in [0.29, 0.717) is 17.7 Å². The Hall–Kier alpha value is -1.89. The van der Waals surface area contributed by atoms with E-state index in [-0.39, 0.29) is 5.69 Å². The minimum atomic E-state index is -0.241. The molecule has 2 fully saturated rings. The molecule has 2 aromatic rings. The van der Waals surface area contributed by atoms with Crippen molar-refractivity contribution in [3.63, 3.8) is 0 Å². The number of rotatable bonds is 2. The molecule has 2 aliphatic rings. The van der Waals surface area contributed by atoms with Crippen LogP contribution >= 0.6 is 0 Å². The summed E-state index contributed by atoms with van der Waals surface area (Å²) in [5, 5.41) is 10.1. The lowest BCUT2D eigenvalue weighted by Crippen LogP contribution is -2.44. The summed E-state index contributed by atoms with van der Waals surface area (Å²) in [6.45, 7) is 2.15. The second-order valence-corrected chi connectivity index (χ2v) is 5.61. The lowest BCUT2D eigenvalue weighted by Gasteiger charge is -2.30. The third kappa shape index (κ3) is 1.81. The molecule has 0 amide bonds. The van der Waals surface area contributed by atoms with Gasteiger partial charge in [0, 0.05) is 24.7 Å². The summed E-state index contributed by atoms with van der Waals surface area (Å²) >= 11 is 0. The monoisotopic (exact) mass is 274 g/mol. The van der Waals surface area contributed by atoms with Crippen molar-refractivity contribution in [1.29, 1.82) is 0 Å². The average Bonchev–Trinajstić information content (AvgIpc) is 3.18. The Morgan fingerprint density at radius 1 is 1.30 bits per heavy atom. The van der Waals surface area contributed by atoms with E-state index >= 15 is 0 Å². The molecular formula is C13H18N6O. The third-order valence-corrected chi connectivity index (χ3v) is 4.45. The molecule has 2 saturated heterocycles. The number of nitrogens with zero attached hydrogens (tertiary/aromatic N) is 4. The molecule has 0 spiro atoms. The fourth-order valence-corrected chi connectivity index (χ4v) is 3.49. The van der Waals surface area contributed by atoms with Gasteiger partial charge >= 0.3 is 5.69 Å². The second-order valence-electron chi connectivity index (χ2n) is 5.61. The zero-order valence-corrected chi connectivity index (χ0v) is 11.2. The molecular weight excluding hydrogens is 256 g/mol. The van der Waals surface area contributed by atoms with Gasteiger partial charge in [-0.1, -0.05) is 0 Å². The van der Waals surface area contributed by atoms with E-state index in [2.05, 4.69) is 25.4 Å². The number of anilines is 1. The number of aromatic nitrogens is 4. The van der Waals surface area contributed by atoms with Gasteiger partial charge in [-0.15, -0.1) is 0 Å². The smallest absolute Gasteiger partial charge is 0.348 e. The maximum absolute atomic E-state index is 11.5. The Balaban J connectivity index is 1.68. The Morgan fingerprint density at radius 2 is 2.25 bits per heavy atom. The molecule has 4 rings (SSSR count). The van der Waals surface area contributed by atoms with Crippen LogP contribution in [0.25, 0.3) is 5.65 Å². The van der Waals surface area contributed by atoms with Gasteiger partial charge in [0.05, 0.1) is 0 Å². The first-order valence-corrected chi connectivity index (χ1v) is 7.26. The van der Waals surface area contributed by atoms with Crippen molar-refractivity contribution in [3.8, 4) is 0 Å². The number of hydrogen-bond donors (Lipinski definition) is 2. The molecule has 2 aliphatic heterocycles. The lowest BCUT2D eigenvalue weighted by molar-refractivity contribution is 0.481. The van der Waals surface area contributed by atoms with Crippen molar-refractivity contribution in [2.24, 2.45) is 0 Å². The molecule has 20 heavy (non-hydrogen) atoms. The van der Waals surface area contributed by atoms with Crippen LogP contribution in [0.5, 0.6) is 0 Å². The van der Waals surface area contributed by atoms with Crippen LogP contribution in [0.2, 0.25) is 0 Å². The summed E-state index contributed by atoms with van der Waals surface area (Å²) in [5.74, 6) is 0.924. The Morgan fingerprint density at radius 3 is 3.10 bits per heavy atom. The van der Waals surface area contributed by atoms with Crippen LogP contribution in [0.15, 0.2) is 17.2 Å². The highest BCUT2D eigenvalue weighted by Gasteiger charge is 2.34. The van der Waals surface area contributed by atoms with E-state index in [1.54, 1.807) is 6.33 Å². The second kappa shape index (κ2) is 4.59. The van der Waals surface area contributed by atoms with Crippen molar-refractivity contribution < 1.29 is 0 Å². The predicted octanol–water partition coefficient (Wildman–Crippen LogP) is 0.138. The summed E-state index contributed by atoms with van der Waals surface area (Å²) in [5.41, 5.74) is 0.388. The maximum atomic E-state index is 11.5. The molecule has 106 valence electrons. The van der Waals surface area contributed by atoms with Crippen molar-refractivity contribution in [1.82, 2.24) is 24.9 Å². The molecule has 2 unspecified atom stereocenters. The molecule has 0 radical (unpaired) electrons. The van der Waals surface area contributed by atoms with E-state index < -0.39 is 0 Å². The van der Waals surface area contributed by atoms with Gasteiger partial charge in [0.25, 0.3) is 0 Å². The van der Waals surface area contributed by atoms with Gasteiger partial charge in [0.15, 0.2) is 5.65 Å². The van der Waals surface area contributed by atoms with Crippen LogP contribution in [-0.4, -0.2) is 44.8 Å². The first-order valence-electron chi connectivity index (χ1n) is 7.26. The minimum Gasteiger partial charge on any atom is -0.352 e. The van der Waals surface area contributed by atoms with Crippen LogP contribution in [0.4, 0.5) is 5.82 Å². The van der Waals surface area contributed by atoms with Crippen molar-refractivity contribution >= 4 is 11.5 Å². The van der Waals surface area contributed by atoms with E-state index in [4.69, 9.17) is 0 Å². The zero-order chi connectivity index (χ0) is 13.5. The van der Waals surface area contributed by atoms with Crippen molar-refractivity contribution in [2.45, 2.75) is 37.8 Å². The maximum Gasteiger partial charge on any atom is 0.348 e. The van der Waals surface area contributed by atoms with E-state index in [0.717, 1.165) is 18.9 Å². The van der Waals surface area contributed by atoms with Crippen LogP contribution in [0, 0.1) is 0 Å². The predicted molar refractivity (Wildman–Crippen MR) is 75.0 cm³/mol. The fraction of sp³-hybridized carbons (Fsp3) is 0.615. The molecule has 2 atom stereocenters. The highest BCUT2D eigenvalue weighted by Crippen LogP contribution is 2.28. The fourth-order valence-electron chi connectivity index (χ4n) is 3.49. The Kier molecular flexibility index (Phi) is 2.73. The summed E-state index contributed by atoms with van der Waals surface area (Å²) in [6.07, 6.45) is 6.47. The van der Waals surface area contributed by atoms with E-state index in [1.165, 1.54) is 30.1 Å². The Labute approximate surface area is 116 Å². The lowest BCUT2D eigenvalue weighted by atomic mass is 10.0. The molecule has 4 heterocycles. The van der Waals surface area contributed by atoms with Crippen molar-refractivity contribution in [2.75, 3.05) is 18.0 Å². The van der Waals surface area contributed by atoms with Crippen LogP contribution in [-0.2, 0) is 0 Å². The molecule has 2 aromatic heterocycles. The highest BCUT2D eigenvalue weighted by molar-refractivity contribution is 5.51. The normalized spacial score (nSPS) is 26.7. The summed E-state index contributed by atoms with van der Waals surface area (Å²) < 4.78 is 1.43.